The maximum Gasteiger partial charge on any atom is 0.146 e. The summed E-state index contributed by atoms with van der Waals surface area (Å²) in [6, 6.07) is 3.85. The molecular formula is C11H13ClFNS. The highest BCUT2D eigenvalue weighted by Gasteiger charge is 2.23. The maximum atomic E-state index is 13.7. The lowest BCUT2D eigenvalue weighted by molar-refractivity contribution is 0.573. The quantitative estimate of drug-likeness (QED) is 0.858. The molecule has 0 amide bonds. The van der Waals surface area contributed by atoms with Gasteiger partial charge in [0.05, 0.1) is 5.02 Å². The van der Waals surface area contributed by atoms with Crippen LogP contribution in [0.25, 0.3) is 0 Å². The number of rotatable bonds is 2. The third kappa shape index (κ3) is 2.14. The molecule has 0 saturated heterocycles. The van der Waals surface area contributed by atoms with Crippen LogP contribution >= 0.6 is 23.4 Å². The number of hydrogen-bond acceptors (Lipinski definition) is 2. The molecular weight excluding hydrogens is 233 g/mol. The Morgan fingerprint density at radius 2 is 2.40 bits per heavy atom. The maximum absolute atomic E-state index is 13.7. The molecule has 1 aromatic carbocycles. The molecule has 1 aliphatic heterocycles. The third-order valence-electron chi connectivity index (χ3n) is 2.59. The molecule has 0 spiro atoms. The Hall–Kier alpha value is -0.250. The third-order valence-corrected chi connectivity index (χ3v) is 3.94. The molecule has 4 heteroatoms. The molecule has 0 aliphatic carbocycles. The van der Waals surface area contributed by atoms with E-state index in [1.165, 1.54) is 0 Å². The van der Waals surface area contributed by atoms with Gasteiger partial charge in [-0.1, -0.05) is 24.6 Å². The average Bonchev–Trinajstić information content (AvgIpc) is 2.25. The first-order valence-corrected chi connectivity index (χ1v) is 6.55. The van der Waals surface area contributed by atoms with Crippen LogP contribution < -0.4 is 5.32 Å². The lowest BCUT2D eigenvalue weighted by Gasteiger charge is -2.26. The van der Waals surface area contributed by atoms with E-state index in [2.05, 4.69) is 12.2 Å². The molecule has 0 radical (unpaired) electrons. The fourth-order valence-corrected chi connectivity index (χ4v) is 3.19. The van der Waals surface area contributed by atoms with Crippen molar-refractivity contribution in [2.24, 2.45) is 0 Å². The Labute approximate surface area is 98.4 Å². The smallest absolute Gasteiger partial charge is 0.146 e. The van der Waals surface area contributed by atoms with E-state index in [0.29, 0.717) is 0 Å². The van der Waals surface area contributed by atoms with E-state index in [1.54, 1.807) is 17.8 Å². The highest BCUT2D eigenvalue weighted by molar-refractivity contribution is 7.98. The lowest BCUT2D eigenvalue weighted by atomic mass is 10.0. The monoisotopic (exact) mass is 245 g/mol. The van der Waals surface area contributed by atoms with Crippen molar-refractivity contribution < 1.29 is 4.39 Å². The van der Waals surface area contributed by atoms with Crippen molar-refractivity contribution in [3.63, 3.8) is 0 Å². The second-order valence-electron chi connectivity index (χ2n) is 3.55. The van der Waals surface area contributed by atoms with E-state index in [4.69, 9.17) is 11.6 Å². The minimum Gasteiger partial charge on any atom is -0.309 e. The van der Waals surface area contributed by atoms with E-state index in [1.807, 2.05) is 6.07 Å². The molecule has 0 saturated carbocycles. The number of nitrogens with one attached hydrogen (secondary N) is 1. The van der Waals surface area contributed by atoms with Crippen LogP contribution in [0.15, 0.2) is 12.1 Å². The number of halogens is 2. The molecule has 1 unspecified atom stereocenters. The first kappa shape index (κ1) is 11.2. The van der Waals surface area contributed by atoms with Crippen LogP contribution in [-0.2, 0) is 5.75 Å². The molecule has 1 N–H and O–H groups in total. The summed E-state index contributed by atoms with van der Waals surface area (Å²) >= 11 is 7.51. The predicted molar refractivity (Wildman–Crippen MR) is 64.0 cm³/mol. The van der Waals surface area contributed by atoms with Crippen LogP contribution in [0.3, 0.4) is 0 Å². The van der Waals surface area contributed by atoms with Crippen molar-refractivity contribution >= 4 is 23.4 Å². The molecule has 15 heavy (non-hydrogen) atoms. The molecule has 1 nitrogen and oxygen atoms in total. The Bertz CT molecular complexity index is 370. The Morgan fingerprint density at radius 3 is 3.13 bits per heavy atom. The van der Waals surface area contributed by atoms with Crippen molar-refractivity contribution in [1.29, 1.82) is 0 Å². The topological polar surface area (TPSA) is 12.0 Å². The van der Waals surface area contributed by atoms with E-state index < -0.39 is 0 Å². The summed E-state index contributed by atoms with van der Waals surface area (Å²) in [5.41, 5.74) is 1.84. The van der Waals surface area contributed by atoms with Gasteiger partial charge in [0.15, 0.2) is 0 Å². The van der Waals surface area contributed by atoms with Gasteiger partial charge in [-0.2, -0.15) is 11.8 Å². The summed E-state index contributed by atoms with van der Waals surface area (Å²) in [7, 11) is 0. The first-order chi connectivity index (χ1) is 7.24. The van der Waals surface area contributed by atoms with E-state index in [0.717, 1.165) is 29.2 Å². The predicted octanol–water partition coefficient (Wildman–Crippen LogP) is 3.38. The fourth-order valence-electron chi connectivity index (χ4n) is 1.86. The summed E-state index contributed by atoms with van der Waals surface area (Å²) in [6.07, 6.45) is 0. The minimum absolute atomic E-state index is 0.228. The van der Waals surface area contributed by atoms with E-state index in [9.17, 15) is 4.39 Å². The van der Waals surface area contributed by atoms with Crippen molar-refractivity contribution in [2.75, 3.05) is 12.3 Å². The largest absolute Gasteiger partial charge is 0.309 e. The summed E-state index contributed by atoms with van der Waals surface area (Å²) in [5, 5.41) is 3.58. The van der Waals surface area contributed by atoms with E-state index in [-0.39, 0.29) is 16.9 Å². The van der Waals surface area contributed by atoms with Gasteiger partial charge in [-0.3, -0.25) is 0 Å². The molecule has 1 aromatic rings. The summed E-state index contributed by atoms with van der Waals surface area (Å²) in [5.74, 6) is 1.48. The van der Waals surface area contributed by atoms with Crippen LogP contribution in [0.1, 0.15) is 24.1 Å². The first-order valence-electron chi connectivity index (χ1n) is 5.02. The van der Waals surface area contributed by atoms with Crippen molar-refractivity contribution in [1.82, 2.24) is 5.32 Å². The Morgan fingerprint density at radius 1 is 1.60 bits per heavy atom. The zero-order valence-corrected chi connectivity index (χ0v) is 10.1. The van der Waals surface area contributed by atoms with Gasteiger partial charge in [-0.05, 0) is 18.2 Å². The highest BCUT2D eigenvalue weighted by atomic mass is 35.5. The van der Waals surface area contributed by atoms with Gasteiger partial charge in [0.2, 0.25) is 0 Å². The molecule has 2 rings (SSSR count). The highest BCUT2D eigenvalue weighted by Crippen LogP contribution is 2.35. The second-order valence-corrected chi connectivity index (χ2v) is 4.99. The number of fused-ring (bicyclic) bond motifs is 1. The van der Waals surface area contributed by atoms with E-state index >= 15 is 0 Å². The van der Waals surface area contributed by atoms with Crippen LogP contribution in [0.5, 0.6) is 0 Å². The van der Waals surface area contributed by atoms with Crippen molar-refractivity contribution in [2.45, 2.75) is 18.7 Å². The van der Waals surface area contributed by atoms with Gasteiger partial charge < -0.3 is 5.32 Å². The van der Waals surface area contributed by atoms with Crippen LogP contribution in [0.4, 0.5) is 4.39 Å². The SMILES string of the molecule is CCNC1CSCc2c1ccc(Cl)c2F. The zero-order valence-electron chi connectivity index (χ0n) is 8.52. The summed E-state index contributed by atoms with van der Waals surface area (Å²) in [4.78, 5) is 0. The van der Waals surface area contributed by atoms with Gasteiger partial charge in [-0.25, -0.2) is 4.39 Å². The standard InChI is InChI=1S/C11H13ClFNS/c1-2-14-10-6-15-5-8-7(10)3-4-9(12)11(8)13/h3-4,10,14H,2,5-6H2,1H3. The van der Waals surface area contributed by atoms with Crippen LogP contribution in [0, 0.1) is 5.82 Å². The van der Waals surface area contributed by atoms with Gasteiger partial charge in [0.25, 0.3) is 0 Å². The zero-order chi connectivity index (χ0) is 10.8. The molecule has 1 heterocycles. The van der Waals surface area contributed by atoms with Gasteiger partial charge >= 0.3 is 0 Å². The fraction of sp³-hybridized carbons (Fsp3) is 0.455. The summed E-state index contributed by atoms with van der Waals surface area (Å²) < 4.78 is 13.7. The van der Waals surface area contributed by atoms with Gasteiger partial charge in [0.1, 0.15) is 5.82 Å². The molecule has 0 fully saturated rings. The van der Waals surface area contributed by atoms with Gasteiger partial charge in [-0.15, -0.1) is 0 Å². The average molecular weight is 246 g/mol. The Balaban J connectivity index is 2.40. The molecule has 0 aromatic heterocycles. The van der Waals surface area contributed by atoms with Crippen LogP contribution in [-0.4, -0.2) is 12.3 Å². The molecule has 0 bridgehead atoms. The number of benzene rings is 1. The van der Waals surface area contributed by atoms with Crippen molar-refractivity contribution in [3.05, 3.63) is 34.1 Å². The van der Waals surface area contributed by atoms with Crippen LogP contribution in [0.2, 0.25) is 5.02 Å². The summed E-state index contributed by atoms with van der Waals surface area (Å²) in [6.45, 7) is 2.96. The molecule has 1 aliphatic rings. The number of thioether (sulfide) groups is 1. The second kappa shape index (κ2) is 4.73. The molecule has 1 atom stereocenters. The lowest BCUT2D eigenvalue weighted by Crippen LogP contribution is -2.26. The van der Waals surface area contributed by atoms with Gasteiger partial charge in [0, 0.05) is 23.1 Å². The van der Waals surface area contributed by atoms with Crippen molar-refractivity contribution in [3.8, 4) is 0 Å². The Kier molecular flexibility index (Phi) is 3.54. The normalized spacial score (nSPS) is 20.1. The minimum atomic E-state index is -0.246. The number of hydrogen-bond donors (Lipinski definition) is 1. The molecule has 82 valence electrons.